The predicted octanol–water partition coefficient (Wildman–Crippen LogP) is 2.37. The molecule has 0 aromatic heterocycles. The van der Waals surface area contributed by atoms with E-state index in [1.165, 1.54) is 18.2 Å². The number of hydrogen-bond donors (Lipinski definition) is 3. The van der Waals surface area contributed by atoms with E-state index in [0.29, 0.717) is 11.4 Å². The number of carbonyl (C=O) groups is 1. The molecule has 0 unspecified atom stereocenters. The maximum absolute atomic E-state index is 13.3. The minimum Gasteiger partial charge on any atom is -0.396 e. The standard InChI is InChI=1S/C11H14ClFN2O2/c1-7(4-5-16)14-11(17)15-10-6-8(12)2-3-9(10)13/h2-3,6-7,16H,4-5H2,1H3,(H2,14,15,17)/t7-/m1/s1. The van der Waals surface area contributed by atoms with Crippen molar-refractivity contribution < 1.29 is 14.3 Å². The molecular weight excluding hydrogens is 247 g/mol. The normalized spacial score (nSPS) is 12.0. The van der Waals surface area contributed by atoms with E-state index in [1.807, 2.05) is 0 Å². The molecule has 4 nitrogen and oxygen atoms in total. The van der Waals surface area contributed by atoms with Crippen LogP contribution in [0.25, 0.3) is 0 Å². The fourth-order valence-corrected chi connectivity index (χ4v) is 1.41. The Bertz CT molecular complexity index is 401. The summed E-state index contributed by atoms with van der Waals surface area (Å²) in [6.07, 6.45) is 0.436. The van der Waals surface area contributed by atoms with Crippen molar-refractivity contribution in [1.82, 2.24) is 5.32 Å². The van der Waals surface area contributed by atoms with Gasteiger partial charge in [0.2, 0.25) is 0 Å². The molecule has 1 aromatic carbocycles. The molecule has 0 spiro atoms. The smallest absolute Gasteiger partial charge is 0.319 e. The molecule has 1 rings (SSSR count). The van der Waals surface area contributed by atoms with E-state index < -0.39 is 11.8 Å². The van der Waals surface area contributed by atoms with E-state index in [2.05, 4.69) is 10.6 Å². The summed E-state index contributed by atoms with van der Waals surface area (Å²) < 4.78 is 13.3. The number of nitrogens with one attached hydrogen (secondary N) is 2. The molecular formula is C11H14ClFN2O2. The van der Waals surface area contributed by atoms with Gasteiger partial charge in [0.25, 0.3) is 0 Å². The first-order valence-electron chi connectivity index (χ1n) is 5.16. The maximum Gasteiger partial charge on any atom is 0.319 e. The largest absolute Gasteiger partial charge is 0.396 e. The van der Waals surface area contributed by atoms with Crippen LogP contribution in [0.3, 0.4) is 0 Å². The van der Waals surface area contributed by atoms with Crippen LogP contribution in [0, 0.1) is 5.82 Å². The zero-order valence-electron chi connectivity index (χ0n) is 9.34. The Hall–Kier alpha value is -1.33. The highest BCUT2D eigenvalue weighted by Crippen LogP contribution is 2.19. The molecule has 0 saturated carbocycles. The number of hydrogen-bond acceptors (Lipinski definition) is 2. The first-order chi connectivity index (χ1) is 8.02. The minimum atomic E-state index is -0.556. The van der Waals surface area contributed by atoms with E-state index in [9.17, 15) is 9.18 Å². The summed E-state index contributed by atoms with van der Waals surface area (Å²) in [5, 5.41) is 13.9. The summed E-state index contributed by atoms with van der Waals surface area (Å²) in [4.78, 5) is 11.4. The number of anilines is 1. The van der Waals surface area contributed by atoms with E-state index in [0.717, 1.165) is 0 Å². The minimum absolute atomic E-state index is 0.0196. The Morgan fingerprint density at radius 2 is 2.29 bits per heavy atom. The molecule has 0 fully saturated rings. The summed E-state index contributed by atoms with van der Waals surface area (Å²) in [6, 6.07) is 3.17. The molecule has 0 aliphatic heterocycles. The van der Waals surface area contributed by atoms with Crippen molar-refractivity contribution in [3.05, 3.63) is 29.0 Å². The molecule has 94 valence electrons. The van der Waals surface area contributed by atoms with Crippen molar-refractivity contribution in [2.45, 2.75) is 19.4 Å². The Balaban J connectivity index is 2.58. The van der Waals surface area contributed by atoms with E-state index in [-0.39, 0.29) is 18.3 Å². The number of amides is 2. The molecule has 0 heterocycles. The molecule has 2 amide bonds. The van der Waals surface area contributed by atoms with E-state index >= 15 is 0 Å². The summed E-state index contributed by atoms with van der Waals surface area (Å²) in [7, 11) is 0. The van der Waals surface area contributed by atoms with Crippen LogP contribution in [-0.2, 0) is 0 Å². The summed E-state index contributed by atoms with van der Waals surface area (Å²) in [5.41, 5.74) is 0.0196. The molecule has 1 aromatic rings. The van der Waals surface area contributed by atoms with Gasteiger partial charge in [-0.25, -0.2) is 9.18 Å². The third-order valence-corrected chi connectivity index (χ3v) is 2.35. The first-order valence-corrected chi connectivity index (χ1v) is 5.54. The highest BCUT2D eigenvalue weighted by atomic mass is 35.5. The Morgan fingerprint density at radius 1 is 1.59 bits per heavy atom. The van der Waals surface area contributed by atoms with Crippen molar-refractivity contribution in [3.8, 4) is 0 Å². The Labute approximate surface area is 104 Å². The maximum atomic E-state index is 13.3. The average molecular weight is 261 g/mol. The second kappa shape index (κ2) is 6.42. The number of rotatable bonds is 4. The lowest BCUT2D eigenvalue weighted by Gasteiger charge is -2.13. The lowest BCUT2D eigenvalue weighted by molar-refractivity contribution is 0.241. The van der Waals surface area contributed by atoms with Crippen LogP contribution in [0.1, 0.15) is 13.3 Å². The molecule has 17 heavy (non-hydrogen) atoms. The van der Waals surface area contributed by atoms with Crippen LogP contribution in [0.5, 0.6) is 0 Å². The van der Waals surface area contributed by atoms with Crippen LogP contribution in [0.4, 0.5) is 14.9 Å². The lowest BCUT2D eigenvalue weighted by Crippen LogP contribution is -2.36. The van der Waals surface area contributed by atoms with Crippen LogP contribution in [-0.4, -0.2) is 23.8 Å². The zero-order chi connectivity index (χ0) is 12.8. The van der Waals surface area contributed by atoms with Crippen LogP contribution in [0.15, 0.2) is 18.2 Å². The van der Waals surface area contributed by atoms with E-state index in [4.69, 9.17) is 16.7 Å². The van der Waals surface area contributed by atoms with Gasteiger partial charge in [-0.3, -0.25) is 0 Å². The number of carbonyl (C=O) groups excluding carboxylic acids is 1. The fraction of sp³-hybridized carbons (Fsp3) is 0.364. The Kier molecular flexibility index (Phi) is 5.18. The first kappa shape index (κ1) is 13.7. The van der Waals surface area contributed by atoms with Crippen molar-refractivity contribution in [2.75, 3.05) is 11.9 Å². The molecule has 0 aliphatic rings. The predicted molar refractivity (Wildman–Crippen MR) is 64.7 cm³/mol. The third-order valence-electron chi connectivity index (χ3n) is 2.12. The van der Waals surface area contributed by atoms with Gasteiger partial charge in [-0.05, 0) is 31.5 Å². The second-order valence-corrected chi connectivity index (χ2v) is 4.07. The fourth-order valence-electron chi connectivity index (χ4n) is 1.24. The zero-order valence-corrected chi connectivity index (χ0v) is 10.1. The lowest BCUT2D eigenvalue weighted by atomic mass is 10.2. The number of halogens is 2. The van der Waals surface area contributed by atoms with Gasteiger partial charge in [0.1, 0.15) is 5.82 Å². The molecule has 1 atom stereocenters. The second-order valence-electron chi connectivity index (χ2n) is 3.64. The SMILES string of the molecule is C[C@H](CCO)NC(=O)Nc1cc(Cl)ccc1F. The number of urea groups is 1. The van der Waals surface area contributed by atoms with Gasteiger partial charge in [0, 0.05) is 17.7 Å². The number of aliphatic hydroxyl groups excluding tert-OH is 1. The van der Waals surface area contributed by atoms with Crippen LogP contribution >= 0.6 is 11.6 Å². The molecule has 0 radical (unpaired) electrons. The number of aliphatic hydroxyl groups is 1. The topological polar surface area (TPSA) is 61.4 Å². The monoisotopic (exact) mass is 260 g/mol. The molecule has 3 N–H and O–H groups in total. The van der Waals surface area contributed by atoms with Crippen molar-refractivity contribution in [1.29, 1.82) is 0 Å². The summed E-state index contributed by atoms with van der Waals surface area (Å²) >= 11 is 5.68. The third kappa shape index (κ3) is 4.58. The van der Waals surface area contributed by atoms with Gasteiger partial charge in [0.05, 0.1) is 5.69 Å². The van der Waals surface area contributed by atoms with Gasteiger partial charge < -0.3 is 15.7 Å². The van der Waals surface area contributed by atoms with Gasteiger partial charge in [-0.1, -0.05) is 11.6 Å². The highest BCUT2D eigenvalue weighted by molar-refractivity contribution is 6.30. The molecule has 0 bridgehead atoms. The Morgan fingerprint density at radius 3 is 2.94 bits per heavy atom. The average Bonchev–Trinajstić information content (AvgIpc) is 2.23. The number of benzene rings is 1. The van der Waals surface area contributed by atoms with Gasteiger partial charge in [-0.15, -0.1) is 0 Å². The molecule has 0 aliphatic carbocycles. The van der Waals surface area contributed by atoms with Crippen LogP contribution < -0.4 is 10.6 Å². The van der Waals surface area contributed by atoms with E-state index in [1.54, 1.807) is 6.92 Å². The van der Waals surface area contributed by atoms with Gasteiger partial charge in [0.15, 0.2) is 0 Å². The molecule has 6 heteroatoms. The quantitative estimate of drug-likeness (QED) is 0.778. The van der Waals surface area contributed by atoms with Crippen molar-refractivity contribution in [3.63, 3.8) is 0 Å². The summed E-state index contributed by atoms with van der Waals surface area (Å²) in [5.74, 6) is -0.556. The highest BCUT2D eigenvalue weighted by Gasteiger charge is 2.09. The van der Waals surface area contributed by atoms with Gasteiger partial charge >= 0.3 is 6.03 Å². The van der Waals surface area contributed by atoms with Crippen molar-refractivity contribution in [2.24, 2.45) is 0 Å². The van der Waals surface area contributed by atoms with Gasteiger partial charge in [-0.2, -0.15) is 0 Å². The molecule has 0 saturated heterocycles. The summed E-state index contributed by atoms with van der Waals surface area (Å²) in [6.45, 7) is 1.72. The van der Waals surface area contributed by atoms with Crippen LogP contribution in [0.2, 0.25) is 5.02 Å². The van der Waals surface area contributed by atoms with Crippen molar-refractivity contribution >= 4 is 23.3 Å².